The van der Waals surface area contributed by atoms with Crippen molar-refractivity contribution in [2.75, 3.05) is 0 Å². The quantitative estimate of drug-likeness (QED) is 0.470. The molecule has 0 spiro atoms. The van der Waals surface area contributed by atoms with Crippen LogP contribution < -0.4 is 0 Å². The Bertz CT molecular complexity index is 15.7. The number of halogens is 2. The van der Waals surface area contributed by atoms with Crippen LogP contribution in [0.3, 0.4) is 0 Å². The van der Waals surface area contributed by atoms with Gasteiger partial charge in [0, 0.05) is 0 Å². The Kier molecular flexibility index (Phi) is 51.5. The van der Waals surface area contributed by atoms with Gasteiger partial charge in [-0.3, -0.25) is 0 Å². The van der Waals surface area contributed by atoms with Gasteiger partial charge in [0.05, 0.1) is 0 Å². The average molecular weight is 167 g/mol. The first-order valence-electron chi connectivity index (χ1n) is 1.56. The van der Waals surface area contributed by atoms with Gasteiger partial charge in [0.25, 0.3) is 0 Å². The first-order chi connectivity index (χ1) is 1.73. The predicted octanol–water partition coefficient (Wildman–Crippen LogP) is 0.911. The van der Waals surface area contributed by atoms with Crippen LogP contribution in [-0.2, 0) is 0 Å². The van der Waals surface area contributed by atoms with E-state index in [2.05, 4.69) is 13.8 Å². The molecule has 0 nitrogen and oxygen atoms in total. The second-order valence-electron chi connectivity index (χ2n) is 1.39. The van der Waals surface area contributed by atoms with Crippen LogP contribution in [-0.4, -0.2) is 44.8 Å². The summed E-state index contributed by atoms with van der Waals surface area (Å²) in [5, 5.41) is 0. The van der Waals surface area contributed by atoms with Crippen LogP contribution in [0.15, 0.2) is 0 Å². The number of hydrogen-bond acceptors (Lipinski definition) is 0. The molecular formula is C3H11Cl2Mg2+. The van der Waals surface area contributed by atoms with Crippen LogP contribution in [0.25, 0.3) is 0 Å². The van der Waals surface area contributed by atoms with Crippen LogP contribution in [0.5, 0.6) is 0 Å². The molecule has 0 aliphatic rings. The molecule has 0 bridgehead atoms. The maximum Gasteiger partial charge on any atom is 0.316 e. The summed E-state index contributed by atoms with van der Waals surface area (Å²) in [4.78, 5) is 0. The summed E-state index contributed by atoms with van der Waals surface area (Å²) in [6.07, 6.45) is 0. The van der Waals surface area contributed by atoms with E-state index in [1.54, 1.807) is 0 Å². The minimum absolute atomic E-state index is 0. The van der Waals surface area contributed by atoms with E-state index >= 15 is 0 Å². The Morgan fingerprint density at radius 1 is 1.14 bits per heavy atom. The fourth-order valence-corrected chi connectivity index (χ4v) is 0. The van der Waals surface area contributed by atoms with Gasteiger partial charge in [0.1, 0.15) is 0 Å². The van der Waals surface area contributed by atoms with E-state index in [1.807, 2.05) is 21.7 Å². The third kappa shape index (κ3) is 67.9. The minimum Gasteiger partial charge on any atom is -0.147 e. The van der Waals surface area contributed by atoms with Gasteiger partial charge in [-0.25, -0.2) is 0 Å². The van der Waals surface area contributed by atoms with Gasteiger partial charge in [-0.1, -0.05) is 0 Å². The standard InChI is InChI=1S/C3H7.2ClH.2Mg.2H/c1-3-2;;;;;;/h3H,1-2H3;2*1H;;;;/q;;;;+1;;. The average Bonchev–Trinajstić information content (AvgIpc) is 0.811. The zero-order chi connectivity index (χ0) is 3.58. The topological polar surface area (TPSA) is 0 Å². The Morgan fingerprint density at radius 3 is 1.14 bits per heavy atom. The molecule has 0 aromatic carbocycles. The molecule has 0 saturated carbocycles. The van der Waals surface area contributed by atoms with Gasteiger partial charge in [0.15, 0.2) is 0 Å². The van der Waals surface area contributed by atoms with Crippen molar-refractivity contribution in [2.24, 2.45) is 0 Å². The molecule has 4 heteroatoms. The Morgan fingerprint density at radius 2 is 1.14 bits per heavy atom. The third-order valence-electron chi connectivity index (χ3n) is 0. The minimum atomic E-state index is 0. The van der Waals surface area contributed by atoms with Crippen molar-refractivity contribution in [1.82, 2.24) is 0 Å². The van der Waals surface area contributed by atoms with E-state index in [0.717, 1.165) is 4.05 Å². The summed E-state index contributed by atoms with van der Waals surface area (Å²) in [5.74, 6) is 0. The van der Waals surface area contributed by atoms with Crippen LogP contribution in [0.1, 0.15) is 13.8 Å². The van der Waals surface area contributed by atoms with Crippen molar-refractivity contribution in [3.05, 3.63) is 0 Å². The smallest absolute Gasteiger partial charge is 0.147 e. The van der Waals surface area contributed by atoms with Crippen molar-refractivity contribution in [1.29, 1.82) is 0 Å². The molecule has 0 heterocycles. The number of hydrogen-bond donors (Lipinski definition) is 0. The van der Waals surface area contributed by atoms with E-state index in [4.69, 9.17) is 0 Å². The summed E-state index contributed by atoms with van der Waals surface area (Å²) in [5.41, 5.74) is 0. The second kappa shape index (κ2) is 15.7. The van der Waals surface area contributed by atoms with Crippen molar-refractivity contribution >= 4 is 69.6 Å². The molecule has 7 heavy (non-hydrogen) atoms. The molecule has 0 aliphatic carbocycles. The van der Waals surface area contributed by atoms with E-state index in [-0.39, 0.29) is 47.9 Å². The molecule has 0 radical (unpaired) electrons. The van der Waals surface area contributed by atoms with Gasteiger partial charge in [0.2, 0.25) is 0 Å². The van der Waals surface area contributed by atoms with Crippen LogP contribution >= 0.6 is 24.8 Å². The summed E-state index contributed by atoms with van der Waals surface area (Å²) >= 11 is 2.00. The van der Waals surface area contributed by atoms with Crippen LogP contribution in [0.4, 0.5) is 0 Å². The normalized spacial score (nSPS) is 5.29. The molecule has 0 amide bonds. The maximum atomic E-state index is 2.18. The fourth-order valence-electron chi connectivity index (χ4n) is 0. The van der Waals surface area contributed by atoms with E-state index in [1.165, 1.54) is 0 Å². The largest absolute Gasteiger partial charge is 0.316 e. The van der Waals surface area contributed by atoms with Crippen molar-refractivity contribution < 1.29 is 0 Å². The van der Waals surface area contributed by atoms with Gasteiger partial charge in [-0.05, 0) is 0 Å². The maximum absolute atomic E-state index is 2.18. The van der Waals surface area contributed by atoms with Crippen molar-refractivity contribution in [2.45, 2.75) is 17.9 Å². The molecular weight excluding hydrogens is 156 g/mol. The van der Waals surface area contributed by atoms with E-state index in [9.17, 15) is 0 Å². The molecule has 0 unspecified atom stereocenters. The van der Waals surface area contributed by atoms with E-state index < -0.39 is 0 Å². The fraction of sp³-hybridized carbons (Fsp3) is 1.00. The third-order valence-corrected chi connectivity index (χ3v) is 0. The van der Waals surface area contributed by atoms with Crippen molar-refractivity contribution in [3.8, 4) is 0 Å². The molecule has 0 rings (SSSR count). The van der Waals surface area contributed by atoms with Crippen LogP contribution in [0.2, 0.25) is 4.05 Å². The molecule has 0 atom stereocenters. The molecule has 0 aromatic heterocycles. The first-order valence-corrected chi connectivity index (χ1v) is 2.38. The summed E-state index contributed by atoms with van der Waals surface area (Å²) in [6, 6.07) is 0. The number of rotatable bonds is 0. The van der Waals surface area contributed by atoms with Crippen LogP contribution in [0, 0.1) is 0 Å². The van der Waals surface area contributed by atoms with E-state index in [0.29, 0.717) is 0 Å². The molecule has 0 N–H and O–H groups in total. The van der Waals surface area contributed by atoms with Crippen molar-refractivity contribution in [3.63, 3.8) is 0 Å². The monoisotopic (exact) mass is 165 g/mol. The summed E-state index contributed by atoms with van der Waals surface area (Å²) in [7, 11) is 0. The Hall–Kier alpha value is 2.11. The van der Waals surface area contributed by atoms with Gasteiger partial charge < -0.3 is 0 Å². The molecule has 0 fully saturated rings. The summed E-state index contributed by atoms with van der Waals surface area (Å²) < 4.78 is 0.861. The SMILES string of the molecule is C[CH](C)[Mg+].Cl.Cl.[MgH2]. The van der Waals surface area contributed by atoms with Gasteiger partial charge in [-0.2, -0.15) is 0 Å². The Labute approximate surface area is 86.6 Å². The Balaban J connectivity index is -0.0000000150. The first kappa shape index (κ1) is 22.9. The predicted molar refractivity (Wildman–Crippen MR) is 43.9 cm³/mol. The zero-order valence-corrected chi connectivity index (χ0v) is 7.15. The zero-order valence-electron chi connectivity index (χ0n) is 4.10. The molecule has 40 valence electrons. The van der Waals surface area contributed by atoms with Gasteiger partial charge >= 0.3 is 62.7 Å². The summed E-state index contributed by atoms with van der Waals surface area (Å²) in [6.45, 7) is 4.36. The van der Waals surface area contributed by atoms with Gasteiger partial charge in [-0.15, -0.1) is 24.8 Å². The molecule has 0 saturated heterocycles. The molecule has 0 aliphatic heterocycles. The second-order valence-corrected chi connectivity index (χ2v) is 3.03. The molecule has 0 aromatic rings.